The van der Waals surface area contributed by atoms with Crippen LogP contribution in [0.1, 0.15) is 34.6 Å². The van der Waals surface area contributed by atoms with Crippen LogP contribution in [-0.2, 0) is 38.8 Å². The van der Waals surface area contributed by atoms with E-state index in [1.807, 2.05) is 97.9 Å². The predicted octanol–water partition coefficient (Wildman–Crippen LogP) is 5.78. The molecule has 3 aromatic carbocycles. The summed E-state index contributed by atoms with van der Waals surface area (Å²) in [5, 5.41) is 2.25. The number of ether oxygens (including phenoxy) is 4. The maximum atomic E-state index is 12.7. The highest BCUT2D eigenvalue weighted by Crippen LogP contribution is 2.49. The minimum atomic E-state index is -0.956. The summed E-state index contributed by atoms with van der Waals surface area (Å²) < 4.78 is 26.4. The van der Waals surface area contributed by atoms with E-state index in [-0.39, 0.29) is 18.1 Å². The number of nitrogen functional groups attached to an aromatic ring is 1. The minimum absolute atomic E-state index is 0.0525. The SMILES string of the molecule is C[C@@]1(OCc2ccccc2)[C@H](OCc2ccccc2)[C@@H](COCc2ccccc2)O[C@H]1c1scc2c(=O)[nH]c(N)nc12. The summed E-state index contributed by atoms with van der Waals surface area (Å²) in [6.45, 7) is 3.45. The highest BCUT2D eigenvalue weighted by atomic mass is 32.1. The lowest BCUT2D eigenvalue weighted by Crippen LogP contribution is -2.47. The summed E-state index contributed by atoms with van der Waals surface area (Å²) in [5.74, 6) is 0.0525. The van der Waals surface area contributed by atoms with E-state index in [4.69, 9.17) is 24.7 Å². The normalized spacial score (nSPS) is 22.1. The van der Waals surface area contributed by atoms with E-state index in [0.717, 1.165) is 21.6 Å². The van der Waals surface area contributed by atoms with Gasteiger partial charge in [0.2, 0.25) is 5.95 Å². The van der Waals surface area contributed by atoms with Gasteiger partial charge in [-0.15, -0.1) is 11.3 Å². The molecule has 5 aromatic rings. The fraction of sp³-hybridized carbons (Fsp3) is 0.273. The van der Waals surface area contributed by atoms with Crippen molar-refractivity contribution in [3.05, 3.63) is 128 Å². The molecule has 1 saturated heterocycles. The molecule has 1 fully saturated rings. The molecule has 216 valence electrons. The van der Waals surface area contributed by atoms with Gasteiger partial charge in [-0.2, -0.15) is 0 Å². The first-order valence-electron chi connectivity index (χ1n) is 13.9. The summed E-state index contributed by atoms with van der Waals surface area (Å²) in [6, 6.07) is 30.0. The van der Waals surface area contributed by atoms with Crippen molar-refractivity contribution in [1.82, 2.24) is 9.97 Å². The van der Waals surface area contributed by atoms with Gasteiger partial charge in [0.15, 0.2) is 0 Å². The molecule has 3 heterocycles. The highest BCUT2D eigenvalue weighted by Gasteiger charge is 2.57. The second-order valence-electron chi connectivity index (χ2n) is 10.5. The van der Waals surface area contributed by atoms with Crippen molar-refractivity contribution in [2.24, 2.45) is 0 Å². The smallest absolute Gasteiger partial charge is 0.261 e. The third-order valence-electron chi connectivity index (χ3n) is 7.54. The predicted molar refractivity (Wildman–Crippen MR) is 163 cm³/mol. The van der Waals surface area contributed by atoms with E-state index in [9.17, 15) is 4.79 Å². The zero-order valence-corrected chi connectivity index (χ0v) is 24.1. The Bertz CT molecular complexity index is 1660. The van der Waals surface area contributed by atoms with Gasteiger partial charge in [0.1, 0.15) is 23.9 Å². The average Bonchev–Trinajstić information content (AvgIpc) is 3.55. The molecule has 1 aliphatic rings. The van der Waals surface area contributed by atoms with Crippen LogP contribution in [0.25, 0.3) is 10.9 Å². The number of nitrogens with zero attached hydrogens (tertiary/aromatic N) is 1. The maximum absolute atomic E-state index is 12.7. The summed E-state index contributed by atoms with van der Waals surface area (Å²) in [5.41, 5.74) is 8.36. The molecule has 0 radical (unpaired) electrons. The number of aromatic nitrogens is 2. The van der Waals surface area contributed by atoms with Crippen LogP contribution in [-0.4, -0.2) is 34.4 Å². The number of H-pyrrole nitrogens is 1. The molecule has 42 heavy (non-hydrogen) atoms. The Morgan fingerprint density at radius 2 is 1.50 bits per heavy atom. The first kappa shape index (κ1) is 28.3. The molecule has 0 spiro atoms. The molecule has 9 heteroatoms. The summed E-state index contributed by atoms with van der Waals surface area (Å²) >= 11 is 1.41. The van der Waals surface area contributed by atoms with E-state index < -0.39 is 23.9 Å². The lowest BCUT2D eigenvalue weighted by Gasteiger charge is -2.35. The van der Waals surface area contributed by atoms with E-state index in [2.05, 4.69) is 9.97 Å². The molecule has 8 nitrogen and oxygen atoms in total. The Morgan fingerprint density at radius 1 is 0.905 bits per heavy atom. The van der Waals surface area contributed by atoms with Gasteiger partial charge >= 0.3 is 0 Å². The lowest BCUT2D eigenvalue weighted by molar-refractivity contribution is -0.147. The number of nitrogens with two attached hydrogens (primary N) is 1. The molecule has 0 unspecified atom stereocenters. The largest absolute Gasteiger partial charge is 0.374 e. The molecule has 0 amide bonds. The molecule has 6 rings (SSSR count). The number of hydrogen-bond acceptors (Lipinski definition) is 8. The van der Waals surface area contributed by atoms with Crippen LogP contribution >= 0.6 is 11.3 Å². The van der Waals surface area contributed by atoms with E-state index in [1.165, 1.54) is 11.3 Å². The molecule has 0 saturated carbocycles. The summed E-state index contributed by atoms with van der Waals surface area (Å²) in [4.78, 5) is 20.5. The van der Waals surface area contributed by atoms with Gasteiger partial charge in [-0.05, 0) is 23.6 Å². The van der Waals surface area contributed by atoms with Gasteiger partial charge < -0.3 is 24.7 Å². The van der Waals surface area contributed by atoms with Gasteiger partial charge in [-0.1, -0.05) is 91.0 Å². The van der Waals surface area contributed by atoms with Gasteiger partial charge in [-0.25, -0.2) is 4.98 Å². The number of fused-ring (bicyclic) bond motifs is 1. The van der Waals surface area contributed by atoms with Crippen LogP contribution in [0.4, 0.5) is 5.95 Å². The summed E-state index contributed by atoms with van der Waals surface area (Å²) in [7, 11) is 0. The minimum Gasteiger partial charge on any atom is -0.374 e. The van der Waals surface area contributed by atoms with Gasteiger partial charge in [-0.3, -0.25) is 9.78 Å². The molecular formula is C33H33N3O5S. The highest BCUT2D eigenvalue weighted by molar-refractivity contribution is 7.11. The molecule has 0 aliphatic carbocycles. The first-order valence-corrected chi connectivity index (χ1v) is 14.8. The molecule has 3 N–H and O–H groups in total. The Morgan fingerprint density at radius 3 is 2.14 bits per heavy atom. The Hall–Kier alpha value is -3.86. The first-order chi connectivity index (χ1) is 20.5. The Labute approximate surface area is 248 Å². The fourth-order valence-electron chi connectivity index (χ4n) is 5.38. The van der Waals surface area contributed by atoms with E-state index >= 15 is 0 Å². The summed E-state index contributed by atoms with van der Waals surface area (Å²) in [6.07, 6.45) is -1.55. The number of aromatic amines is 1. The maximum Gasteiger partial charge on any atom is 0.261 e. The van der Waals surface area contributed by atoms with Crippen LogP contribution < -0.4 is 11.3 Å². The number of anilines is 1. The van der Waals surface area contributed by atoms with Gasteiger partial charge in [0, 0.05) is 5.38 Å². The topological polar surface area (TPSA) is 109 Å². The third kappa shape index (κ3) is 6.01. The molecule has 2 aromatic heterocycles. The van der Waals surface area contributed by atoms with E-state index in [1.54, 1.807) is 5.38 Å². The lowest BCUT2D eigenvalue weighted by atomic mass is 9.90. The Balaban J connectivity index is 1.36. The number of benzene rings is 3. The number of hydrogen-bond donors (Lipinski definition) is 2. The van der Waals surface area contributed by atoms with Gasteiger partial charge in [0.05, 0.1) is 42.2 Å². The second-order valence-corrected chi connectivity index (χ2v) is 11.5. The van der Waals surface area contributed by atoms with Crippen molar-refractivity contribution < 1.29 is 18.9 Å². The van der Waals surface area contributed by atoms with Crippen molar-refractivity contribution in [2.45, 2.75) is 50.7 Å². The van der Waals surface area contributed by atoms with Crippen molar-refractivity contribution >= 4 is 28.2 Å². The van der Waals surface area contributed by atoms with Crippen molar-refractivity contribution in [3.63, 3.8) is 0 Å². The molecule has 4 atom stereocenters. The Kier molecular flexibility index (Phi) is 8.46. The average molecular weight is 584 g/mol. The fourth-order valence-corrected chi connectivity index (χ4v) is 6.52. The molecule has 0 bridgehead atoms. The number of rotatable bonds is 11. The number of nitrogens with one attached hydrogen (secondary N) is 1. The van der Waals surface area contributed by atoms with Crippen molar-refractivity contribution in [3.8, 4) is 0 Å². The van der Waals surface area contributed by atoms with Crippen LogP contribution in [0.2, 0.25) is 0 Å². The zero-order chi connectivity index (χ0) is 28.9. The van der Waals surface area contributed by atoms with Crippen LogP contribution in [0.15, 0.2) is 101 Å². The standard InChI is InChI=1S/C33H33N3O5S/c1-33(40-19-24-15-9-4-10-16-24)29(39-18-23-13-7-3-8-14-23)26(20-38-17-22-11-5-2-6-12-22)41-30(33)28-27-25(21-42-28)31(37)36-32(34)35-27/h2-16,21,26,29-30H,17-20H2,1H3,(H3,34,35,36,37)/t26-,29-,30+,33-/m1/s1. The zero-order valence-electron chi connectivity index (χ0n) is 23.3. The van der Waals surface area contributed by atoms with Crippen molar-refractivity contribution in [1.29, 1.82) is 0 Å². The molecular weight excluding hydrogens is 550 g/mol. The van der Waals surface area contributed by atoms with Crippen LogP contribution in [0, 0.1) is 0 Å². The monoisotopic (exact) mass is 583 g/mol. The van der Waals surface area contributed by atoms with Crippen molar-refractivity contribution in [2.75, 3.05) is 12.3 Å². The van der Waals surface area contributed by atoms with Gasteiger partial charge in [0.25, 0.3) is 5.56 Å². The van der Waals surface area contributed by atoms with Crippen LogP contribution in [0.5, 0.6) is 0 Å². The molecule has 1 aliphatic heterocycles. The van der Waals surface area contributed by atoms with Crippen LogP contribution in [0.3, 0.4) is 0 Å². The quantitative estimate of drug-likeness (QED) is 0.203. The third-order valence-corrected chi connectivity index (χ3v) is 8.56. The second kappa shape index (κ2) is 12.6. The van der Waals surface area contributed by atoms with E-state index in [0.29, 0.717) is 30.7 Å². The number of thiophene rings is 1.